The number of aryl methyl sites for hydroxylation is 2. The van der Waals surface area contributed by atoms with Crippen molar-refractivity contribution in [3.05, 3.63) is 104 Å². The van der Waals surface area contributed by atoms with Crippen LogP contribution in [0.15, 0.2) is 58.5 Å². The van der Waals surface area contributed by atoms with E-state index in [1.807, 2.05) is 0 Å². The highest BCUT2D eigenvalue weighted by Crippen LogP contribution is 2.55. The van der Waals surface area contributed by atoms with Gasteiger partial charge in [0.25, 0.3) is 5.56 Å². The van der Waals surface area contributed by atoms with Gasteiger partial charge >= 0.3 is 0 Å². The Labute approximate surface area is 221 Å². The summed E-state index contributed by atoms with van der Waals surface area (Å²) in [5.74, 6) is -2.71. The molecule has 0 bridgehead atoms. The van der Waals surface area contributed by atoms with E-state index in [4.69, 9.17) is 11.6 Å². The van der Waals surface area contributed by atoms with Gasteiger partial charge in [-0.2, -0.15) is 0 Å². The highest BCUT2D eigenvalue weighted by Gasteiger charge is 2.42. The summed E-state index contributed by atoms with van der Waals surface area (Å²) in [4.78, 5) is 21.0. The van der Waals surface area contributed by atoms with Gasteiger partial charge in [-0.05, 0) is 67.6 Å². The van der Waals surface area contributed by atoms with E-state index in [1.165, 1.54) is 24.4 Å². The third kappa shape index (κ3) is 4.41. The molecule has 1 saturated carbocycles. The molecule has 1 aromatic carbocycles. The molecule has 4 aromatic rings. The van der Waals surface area contributed by atoms with Crippen molar-refractivity contribution in [1.82, 2.24) is 14.5 Å². The molecular weight excluding hydrogens is 539 g/mol. The van der Waals surface area contributed by atoms with Crippen molar-refractivity contribution in [2.24, 2.45) is 0 Å². The van der Waals surface area contributed by atoms with E-state index >= 15 is 8.78 Å². The molecule has 1 fully saturated rings. The van der Waals surface area contributed by atoms with E-state index in [9.17, 15) is 17.6 Å². The van der Waals surface area contributed by atoms with Gasteiger partial charge in [-0.15, -0.1) is 0 Å². The molecule has 0 spiro atoms. The molecule has 5 rings (SSSR count). The van der Waals surface area contributed by atoms with Crippen LogP contribution in [0.5, 0.6) is 0 Å². The maximum absolute atomic E-state index is 16.0. The molecule has 38 heavy (non-hydrogen) atoms. The summed E-state index contributed by atoms with van der Waals surface area (Å²) >= 11 is 6.51. The Morgan fingerprint density at radius 3 is 2.39 bits per heavy atom. The smallest absolute Gasteiger partial charge is 0.274 e. The Kier molecular flexibility index (Phi) is 6.43. The molecule has 6 nitrogen and oxygen atoms in total. The summed E-state index contributed by atoms with van der Waals surface area (Å²) in [6.45, 7) is 3.17. The molecule has 196 valence electrons. The highest BCUT2D eigenvalue weighted by molar-refractivity contribution is 7.90. The number of nitrogens with zero attached hydrogens (tertiary/aromatic N) is 3. The Bertz CT molecular complexity index is 1770. The van der Waals surface area contributed by atoms with Crippen molar-refractivity contribution in [2.45, 2.75) is 37.0 Å². The van der Waals surface area contributed by atoms with Crippen molar-refractivity contribution in [3.63, 3.8) is 0 Å². The van der Waals surface area contributed by atoms with Crippen LogP contribution in [0.4, 0.5) is 13.2 Å². The molecule has 0 radical (unpaired) electrons. The predicted molar refractivity (Wildman–Crippen MR) is 137 cm³/mol. The van der Waals surface area contributed by atoms with Crippen LogP contribution in [0, 0.1) is 31.3 Å². The number of halogens is 4. The van der Waals surface area contributed by atoms with Crippen LogP contribution in [0.25, 0.3) is 16.9 Å². The number of sulfone groups is 1. The minimum Gasteiger partial charge on any atom is -0.277 e. The second kappa shape index (κ2) is 9.36. The van der Waals surface area contributed by atoms with E-state index in [-0.39, 0.29) is 28.1 Å². The van der Waals surface area contributed by atoms with Gasteiger partial charge in [-0.1, -0.05) is 17.7 Å². The zero-order valence-electron chi connectivity index (χ0n) is 20.5. The van der Waals surface area contributed by atoms with Gasteiger partial charge < -0.3 is 0 Å². The zero-order chi connectivity index (χ0) is 27.5. The van der Waals surface area contributed by atoms with Crippen molar-refractivity contribution in [1.29, 1.82) is 0 Å². The number of benzene rings is 1. The van der Waals surface area contributed by atoms with Gasteiger partial charge in [0.05, 0.1) is 11.9 Å². The average Bonchev–Trinajstić information content (AvgIpc) is 3.64. The second-order valence-electron chi connectivity index (χ2n) is 9.39. The van der Waals surface area contributed by atoms with E-state index in [0.29, 0.717) is 28.9 Å². The lowest BCUT2D eigenvalue weighted by Crippen LogP contribution is -2.24. The minimum atomic E-state index is -3.92. The minimum absolute atomic E-state index is 0.0288. The summed E-state index contributed by atoms with van der Waals surface area (Å²) in [7, 11) is -3.92. The number of rotatable bonds is 5. The summed E-state index contributed by atoms with van der Waals surface area (Å²) in [6.07, 6.45) is 3.94. The van der Waals surface area contributed by atoms with Crippen LogP contribution in [0.1, 0.15) is 40.8 Å². The lowest BCUT2D eigenvalue weighted by molar-refractivity contribution is 0.569. The normalized spacial score (nSPS) is 17.0. The van der Waals surface area contributed by atoms with Gasteiger partial charge in [0.2, 0.25) is 0 Å². The van der Waals surface area contributed by atoms with Gasteiger partial charge in [0.15, 0.2) is 21.5 Å². The summed E-state index contributed by atoms with van der Waals surface area (Å²) in [6, 6.07) is 8.21. The zero-order valence-corrected chi connectivity index (χ0v) is 22.0. The van der Waals surface area contributed by atoms with E-state index < -0.39 is 43.4 Å². The molecule has 11 heteroatoms. The van der Waals surface area contributed by atoms with Crippen molar-refractivity contribution >= 4 is 21.4 Å². The van der Waals surface area contributed by atoms with Gasteiger partial charge in [0, 0.05) is 35.3 Å². The maximum Gasteiger partial charge on any atom is 0.274 e. The van der Waals surface area contributed by atoms with Crippen molar-refractivity contribution in [2.75, 3.05) is 6.26 Å². The molecule has 1 aliphatic carbocycles. The van der Waals surface area contributed by atoms with Crippen LogP contribution < -0.4 is 5.56 Å². The first-order valence-electron chi connectivity index (χ1n) is 11.6. The lowest BCUT2D eigenvalue weighted by Gasteiger charge is -2.18. The molecule has 0 N–H and O–H groups in total. The first-order chi connectivity index (χ1) is 17.9. The average molecular weight is 560 g/mol. The molecule has 1 unspecified atom stereocenters. The number of aromatic nitrogens is 3. The molecule has 0 saturated heterocycles. The van der Waals surface area contributed by atoms with Crippen LogP contribution >= 0.6 is 11.6 Å². The Morgan fingerprint density at radius 2 is 1.74 bits per heavy atom. The quantitative estimate of drug-likeness (QED) is 0.315. The predicted octanol–water partition coefficient (Wildman–Crippen LogP) is 5.66. The molecular formula is C27H21ClF3N3O3S. The van der Waals surface area contributed by atoms with E-state index in [1.54, 1.807) is 26.0 Å². The molecule has 3 heterocycles. The highest BCUT2D eigenvalue weighted by atomic mass is 35.5. The van der Waals surface area contributed by atoms with Crippen molar-refractivity contribution < 1.29 is 21.6 Å². The van der Waals surface area contributed by atoms with E-state index in [2.05, 4.69) is 9.97 Å². The topological polar surface area (TPSA) is 81.9 Å². The Hall–Kier alpha value is -3.50. The third-order valence-electron chi connectivity index (χ3n) is 6.70. The standard InChI is InChI=1S/C27H21ClF3N3O3S/c1-13-11-33-25(16-5-4-6-21(23(16)30)38(3,36)37)24(31)26(13)34-14(2)9-19(22(28)27(34)35)17-10-18(17)20-8-7-15(29)12-32-20/h4-9,11-12,17-18H,10H2,1-3H3/t17-,18?/m1/s1. The lowest BCUT2D eigenvalue weighted by atomic mass is 10.1. The third-order valence-corrected chi connectivity index (χ3v) is 8.19. The molecule has 0 amide bonds. The van der Waals surface area contributed by atoms with E-state index in [0.717, 1.165) is 23.1 Å². The Balaban J connectivity index is 1.61. The Morgan fingerprint density at radius 1 is 1.00 bits per heavy atom. The number of pyridine rings is 3. The van der Waals surface area contributed by atoms with Gasteiger partial charge in [-0.25, -0.2) is 21.6 Å². The summed E-state index contributed by atoms with van der Waals surface area (Å²) in [5, 5.41) is -0.0902. The number of hydrogen-bond donors (Lipinski definition) is 0. The first-order valence-corrected chi connectivity index (χ1v) is 13.8. The molecule has 3 aromatic heterocycles. The molecule has 0 aliphatic heterocycles. The van der Waals surface area contributed by atoms with Crippen molar-refractivity contribution in [3.8, 4) is 16.9 Å². The van der Waals surface area contributed by atoms with Crippen LogP contribution in [0.2, 0.25) is 5.02 Å². The fraction of sp³-hybridized carbons (Fsp3) is 0.222. The fourth-order valence-electron chi connectivity index (χ4n) is 4.76. The van der Waals surface area contributed by atoms with Gasteiger partial charge in [-0.3, -0.25) is 19.3 Å². The second-order valence-corrected chi connectivity index (χ2v) is 11.7. The van der Waals surface area contributed by atoms with Crippen LogP contribution in [-0.4, -0.2) is 29.2 Å². The first kappa shape index (κ1) is 26.1. The monoisotopic (exact) mass is 559 g/mol. The largest absolute Gasteiger partial charge is 0.277 e. The van der Waals surface area contributed by atoms with Crippen LogP contribution in [0.3, 0.4) is 0 Å². The maximum atomic E-state index is 16.0. The summed E-state index contributed by atoms with van der Waals surface area (Å²) < 4.78 is 69.4. The summed E-state index contributed by atoms with van der Waals surface area (Å²) in [5.41, 5.74) is 0.328. The van der Waals surface area contributed by atoms with Crippen LogP contribution in [-0.2, 0) is 9.84 Å². The van der Waals surface area contributed by atoms with Gasteiger partial charge in [0.1, 0.15) is 21.4 Å². The molecule has 1 aliphatic rings. The fourth-order valence-corrected chi connectivity index (χ4v) is 5.80. The SMILES string of the molecule is Cc1cnc(-c2cccc(S(C)(=O)=O)c2F)c(F)c1-n1c(C)cc([C@@H]2CC2c2ccc(F)cn2)c(Cl)c1=O. The molecule has 2 atom stereocenters. The number of hydrogen-bond acceptors (Lipinski definition) is 5.